The molecule has 1 aliphatic carbocycles. The van der Waals surface area contributed by atoms with Crippen LogP contribution >= 0.6 is 11.6 Å². The van der Waals surface area contributed by atoms with Crippen molar-refractivity contribution in [3.05, 3.63) is 29.3 Å². The number of carbonyl (C=O) groups excluding carboxylic acids is 1. The Bertz CT molecular complexity index is 470. The van der Waals surface area contributed by atoms with Gasteiger partial charge in [0, 0.05) is 10.7 Å². The summed E-state index contributed by atoms with van der Waals surface area (Å²) in [5.74, 6) is -0.187. The van der Waals surface area contributed by atoms with Crippen molar-refractivity contribution in [3.63, 3.8) is 0 Å². The zero-order chi connectivity index (χ0) is 14.1. The molecular formula is C15H20ClNO2. The highest BCUT2D eigenvalue weighted by Crippen LogP contribution is 2.45. The van der Waals surface area contributed by atoms with Crippen LogP contribution in [0.4, 0.5) is 5.69 Å². The van der Waals surface area contributed by atoms with E-state index >= 15 is 0 Å². The largest absolute Gasteiger partial charge is 0.467 e. The molecule has 0 bridgehead atoms. The third kappa shape index (κ3) is 3.03. The number of benzene rings is 1. The molecule has 1 aromatic rings. The highest BCUT2D eigenvalue weighted by molar-refractivity contribution is 6.30. The van der Waals surface area contributed by atoms with E-state index in [2.05, 4.69) is 19.2 Å². The molecule has 0 saturated heterocycles. The highest BCUT2D eigenvalue weighted by Gasteiger charge is 2.49. The fourth-order valence-electron chi connectivity index (χ4n) is 2.88. The van der Waals surface area contributed by atoms with Crippen molar-refractivity contribution in [2.75, 3.05) is 12.4 Å². The van der Waals surface area contributed by atoms with Crippen molar-refractivity contribution in [2.45, 2.75) is 38.6 Å². The molecule has 19 heavy (non-hydrogen) atoms. The molecule has 0 aromatic heterocycles. The van der Waals surface area contributed by atoms with E-state index in [9.17, 15) is 4.79 Å². The molecule has 0 aliphatic heterocycles. The lowest BCUT2D eigenvalue weighted by atomic mass is 9.87. The molecule has 0 radical (unpaired) electrons. The molecule has 0 amide bonds. The summed E-state index contributed by atoms with van der Waals surface area (Å²) in [6.45, 7) is 4.36. The summed E-state index contributed by atoms with van der Waals surface area (Å²) in [6.07, 6.45) is 2.56. The lowest BCUT2D eigenvalue weighted by Gasteiger charge is -2.30. The van der Waals surface area contributed by atoms with E-state index in [-0.39, 0.29) is 11.4 Å². The summed E-state index contributed by atoms with van der Waals surface area (Å²) in [5.41, 5.74) is 0.423. The van der Waals surface area contributed by atoms with Gasteiger partial charge in [-0.3, -0.25) is 0 Å². The quantitative estimate of drug-likeness (QED) is 0.855. The van der Waals surface area contributed by atoms with E-state index in [1.807, 2.05) is 24.3 Å². The van der Waals surface area contributed by atoms with Gasteiger partial charge in [-0.25, -0.2) is 4.79 Å². The second kappa shape index (κ2) is 5.04. The van der Waals surface area contributed by atoms with Crippen molar-refractivity contribution < 1.29 is 9.53 Å². The summed E-state index contributed by atoms with van der Waals surface area (Å²) >= 11 is 5.88. The fourth-order valence-corrected chi connectivity index (χ4v) is 3.01. The zero-order valence-corrected chi connectivity index (χ0v) is 12.4. The second-order valence-electron chi connectivity index (χ2n) is 6.05. The van der Waals surface area contributed by atoms with Gasteiger partial charge in [-0.05, 0) is 48.9 Å². The topological polar surface area (TPSA) is 38.3 Å². The van der Waals surface area contributed by atoms with Crippen molar-refractivity contribution in [1.29, 1.82) is 0 Å². The maximum Gasteiger partial charge on any atom is 0.331 e. The molecule has 104 valence electrons. The summed E-state index contributed by atoms with van der Waals surface area (Å²) in [4.78, 5) is 12.2. The molecule has 3 nitrogen and oxygen atoms in total. The minimum Gasteiger partial charge on any atom is -0.467 e. The van der Waals surface area contributed by atoms with E-state index in [1.54, 1.807) is 0 Å². The van der Waals surface area contributed by atoms with Gasteiger partial charge in [0.15, 0.2) is 0 Å². The summed E-state index contributed by atoms with van der Waals surface area (Å²) in [5, 5.41) is 4.04. The molecule has 1 unspecified atom stereocenters. The SMILES string of the molecule is COC(=O)C1(Nc2ccc(Cl)cc2)CCC(C)(C)C1. The van der Waals surface area contributed by atoms with E-state index < -0.39 is 5.54 Å². The maximum absolute atomic E-state index is 12.2. The Morgan fingerprint density at radius 1 is 1.26 bits per heavy atom. The lowest BCUT2D eigenvalue weighted by molar-refractivity contribution is -0.146. The first kappa shape index (κ1) is 14.2. The normalized spacial score (nSPS) is 25.1. The van der Waals surface area contributed by atoms with Crippen LogP contribution < -0.4 is 5.32 Å². The van der Waals surface area contributed by atoms with Crippen molar-refractivity contribution in [3.8, 4) is 0 Å². The van der Waals surface area contributed by atoms with Gasteiger partial charge in [-0.1, -0.05) is 25.4 Å². The van der Waals surface area contributed by atoms with Gasteiger partial charge in [0.1, 0.15) is 5.54 Å². The molecule has 2 rings (SSSR count). The average Bonchev–Trinajstić information content (AvgIpc) is 2.68. The van der Waals surface area contributed by atoms with E-state index in [4.69, 9.17) is 16.3 Å². The summed E-state index contributed by atoms with van der Waals surface area (Å²) in [6, 6.07) is 7.40. The van der Waals surface area contributed by atoms with E-state index in [0.29, 0.717) is 5.02 Å². The number of methoxy groups -OCH3 is 1. The molecule has 0 spiro atoms. The van der Waals surface area contributed by atoms with Crippen molar-refractivity contribution in [1.82, 2.24) is 0 Å². The Balaban J connectivity index is 2.25. The molecule has 1 atom stereocenters. The van der Waals surface area contributed by atoms with Crippen molar-refractivity contribution in [2.24, 2.45) is 5.41 Å². The monoisotopic (exact) mass is 281 g/mol. The first-order valence-corrected chi connectivity index (χ1v) is 6.87. The number of anilines is 1. The predicted molar refractivity (Wildman–Crippen MR) is 77.5 cm³/mol. The Morgan fingerprint density at radius 3 is 2.37 bits per heavy atom. The highest BCUT2D eigenvalue weighted by atomic mass is 35.5. The second-order valence-corrected chi connectivity index (χ2v) is 6.48. The third-order valence-electron chi connectivity index (χ3n) is 3.81. The molecule has 0 heterocycles. The van der Waals surface area contributed by atoms with Crippen molar-refractivity contribution >= 4 is 23.3 Å². The van der Waals surface area contributed by atoms with Crippen LogP contribution in [0.25, 0.3) is 0 Å². The van der Waals surface area contributed by atoms with Crippen LogP contribution in [-0.4, -0.2) is 18.6 Å². The first-order chi connectivity index (χ1) is 8.87. The third-order valence-corrected chi connectivity index (χ3v) is 4.06. The van der Waals surface area contributed by atoms with Gasteiger partial charge in [0.05, 0.1) is 7.11 Å². The van der Waals surface area contributed by atoms with Crippen LogP contribution in [-0.2, 0) is 9.53 Å². The molecule has 1 aliphatic rings. The van der Waals surface area contributed by atoms with Gasteiger partial charge >= 0.3 is 5.97 Å². The number of esters is 1. The van der Waals surface area contributed by atoms with Crippen LogP contribution in [0.2, 0.25) is 5.02 Å². The average molecular weight is 282 g/mol. The van der Waals surface area contributed by atoms with Crippen LogP contribution in [0.5, 0.6) is 0 Å². The number of carbonyl (C=O) groups is 1. The molecule has 1 aromatic carbocycles. The van der Waals surface area contributed by atoms with Gasteiger partial charge in [0.2, 0.25) is 0 Å². The standard InChI is InChI=1S/C15H20ClNO2/c1-14(2)8-9-15(10-14,13(18)19-3)17-12-6-4-11(16)5-7-12/h4-7,17H,8-10H2,1-3H3. The van der Waals surface area contributed by atoms with Gasteiger partial charge < -0.3 is 10.1 Å². The predicted octanol–water partition coefficient (Wildman–Crippen LogP) is 3.87. The Hall–Kier alpha value is -1.22. The minimum atomic E-state index is -0.619. The van der Waals surface area contributed by atoms with E-state index in [1.165, 1.54) is 7.11 Å². The maximum atomic E-state index is 12.2. The summed E-state index contributed by atoms with van der Waals surface area (Å²) in [7, 11) is 1.44. The molecule has 1 saturated carbocycles. The number of hydrogen-bond acceptors (Lipinski definition) is 3. The molecule has 4 heteroatoms. The van der Waals surface area contributed by atoms with Gasteiger partial charge in [-0.2, -0.15) is 0 Å². The van der Waals surface area contributed by atoms with Crippen LogP contribution in [0.3, 0.4) is 0 Å². The Morgan fingerprint density at radius 2 is 1.89 bits per heavy atom. The van der Waals surface area contributed by atoms with E-state index in [0.717, 1.165) is 24.9 Å². The van der Waals surface area contributed by atoms with Crippen LogP contribution in [0, 0.1) is 5.41 Å². The van der Waals surface area contributed by atoms with Crippen LogP contribution in [0.1, 0.15) is 33.1 Å². The summed E-state index contributed by atoms with van der Waals surface area (Å²) < 4.78 is 5.00. The van der Waals surface area contributed by atoms with Gasteiger partial charge in [-0.15, -0.1) is 0 Å². The number of rotatable bonds is 3. The molecule has 1 fully saturated rings. The first-order valence-electron chi connectivity index (χ1n) is 6.49. The minimum absolute atomic E-state index is 0.146. The van der Waals surface area contributed by atoms with Gasteiger partial charge in [0.25, 0.3) is 0 Å². The number of nitrogens with one attached hydrogen (secondary N) is 1. The smallest absolute Gasteiger partial charge is 0.331 e. The fraction of sp³-hybridized carbons (Fsp3) is 0.533. The number of hydrogen-bond donors (Lipinski definition) is 1. The Kier molecular flexibility index (Phi) is 3.77. The molecular weight excluding hydrogens is 262 g/mol. The van der Waals surface area contributed by atoms with Crippen LogP contribution in [0.15, 0.2) is 24.3 Å². The Labute approximate surface area is 119 Å². The number of ether oxygens (including phenoxy) is 1. The molecule has 1 N–H and O–H groups in total. The number of halogens is 1. The lowest BCUT2D eigenvalue weighted by Crippen LogP contribution is -2.45. The zero-order valence-electron chi connectivity index (χ0n) is 11.6.